The highest BCUT2D eigenvalue weighted by Crippen LogP contribution is 2.19. The van der Waals surface area contributed by atoms with E-state index in [2.05, 4.69) is 25.1 Å². The van der Waals surface area contributed by atoms with E-state index in [1.165, 1.54) is 13.0 Å². The van der Waals surface area contributed by atoms with Crippen molar-refractivity contribution in [3.8, 4) is 0 Å². The SMILES string of the molecule is C=C/C(C(=O)NCc1ccc(C=C)cc1)=C(\C(=C)Cl)C(C)=O. The highest BCUT2D eigenvalue weighted by atomic mass is 35.5. The van der Waals surface area contributed by atoms with Crippen LogP contribution in [-0.4, -0.2) is 11.7 Å². The summed E-state index contributed by atoms with van der Waals surface area (Å²) in [5.74, 6) is -0.754. The van der Waals surface area contributed by atoms with Gasteiger partial charge in [0.2, 0.25) is 0 Å². The van der Waals surface area contributed by atoms with Crippen LogP contribution in [0.15, 0.2) is 66.3 Å². The Bertz CT molecular complexity index is 638. The summed E-state index contributed by atoms with van der Waals surface area (Å²) < 4.78 is 0. The van der Waals surface area contributed by atoms with Crippen LogP contribution < -0.4 is 5.32 Å². The maximum absolute atomic E-state index is 12.2. The Labute approximate surface area is 135 Å². The fraction of sp³-hybridized carbons (Fsp3) is 0.111. The molecule has 1 N–H and O–H groups in total. The van der Waals surface area contributed by atoms with Gasteiger partial charge in [-0.05, 0) is 18.1 Å². The Morgan fingerprint density at radius 1 is 1.23 bits per heavy atom. The molecule has 0 saturated carbocycles. The second kappa shape index (κ2) is 8.15. The fourth-order valence-electron chi connectivity index (χ4n) is 1.88. The molecular formula is C18H18ClNO2. The predicted octanol–water partition coefficient (Wildman–Crippen LogP) is 3.77. The minimum Gasteiger partial charge on any atom is -0.348 e. The van der Waals surface area contributed by atoms with Gasteiger partial charge in [-0.1, -0.05) is 67.8 Å². The number of benzene rings is 1. The fourth-order valence-corrected chi connectivity index (χ4v) is 2.12. The minimum absolute atomic E-state index is 0.0212. The molecule has 0 atom stereocenters. The molecular weight excluding hydrogens is 298 g/mol. The molecule has 0 spiro atoms. The maximum atomic E-state index is 12.2. The zero-order valence-electron chi connectivity index (χ0n) is 12.5. The maximum Gasteiger partial charge on any atom is 0.252 e. The average Bonchev–Trinajstić information content (AvgIpc) is 2.49. The molecule has 0 aromatic heterocycles. The first kappa shape index (κ1) is 17.7. The first-order chi connectivity index (χ1) is 10.4. The van der Waals surface area contributed by atoms with E-state index in [0.29, 0.717) is 6.54 Å². The first-order valence-electron chi connectivity index (χ1n) is 6.62. The summed E-state index contributed by atoms with van der Waals surface area (Å²) in [5.41, 5.74) is 2.13. The summed E-state index contributed by atoms with van der Waals surface area (Å²) in [6, 6.07) is 7.59. The molecule has 0 heterocycles. The molecule has 0 aliphatic heterocycles. The Kier molecular flexibility index (Phi) is 6.54. The molecule has 0 aliphatic carbocycles. The largest absolute Gasteiger partial charge is 0.348 e. The van der Waals surface area contributed by atoms with Crippen LogP contribution in [-0.2, 0) is 16.1 Å². The number of carbonyl (C=O) groups excluding carboxylic acids is 2. The van der Waals surface area contributed by atoms with E-state index in [-0.39, 0.29) is 22.0 Å². The van der Waals surface area contributed by atoms with E-state index in [4.69, 9.17) is 11.6 Å². The summed E-state index contributed by atoms with van der Waals surface area (Å²) in [5, 5.41) is 2.75. The van der Waals surface area contributed by atoms with Crippen molar-refractivity contribution in [1.29, 1.82) is 0 Å². The lowest BCUT2D eigenvalue weighted by Crippen LogP contribution is -2.25. The molecule has 22 heavy (non-hydrogen) atoms. The topological polar surface area (TPSA) is 46.2 Å². The molecule has 0 aliphatic rings. The van der Waals surface area contributed by atoms with Gasteiger partial charge in [-0.2, -0.15) is 0 Å². The highest BCUT2D eigenvalue weighted by molar-refractivity contribution is 6.36. The normalized spacial score (nSPS) is 11.2. The molecule has 114 valence electrons. The molecule has 3 nitrogen and oxygen atoms in total. The smallest absolute Gasteiger partial charge is 0.252 e. The Hall–Kier alpha value is -2.39. The van der Waals surface area contributed by atoms with E-state index in [0.717, 1.165) is 11.1 Å². The van der Waals surface area contributed by atoms with Gasteiger partial charge in [0.15, 0.2) is 5.78 Å². The second-order valence-corrected chi connectivity index (χ2v) is 5.04. The zero-order chi connectivity index (χ0) is 16.7. The van der Waals surface area contributed by atoms with Crippen molar-refractivity contribution in [2.45, 2.75) is 13.5 Å². The molecule has 1 rings (SSSR count). The van der Waals surface area contributed by atoms with Gasteiger partial charge in [0, 0.05) is 17.2 Å². The minimum atomic E-state index is -0.421. The van der Waals surface area contributed by atoms with Gasteiger partial charge in [0.05, 0.1) is 5.57 Å². The molecule has 0 unspecified atom stereocenters. The summed E-state index contributed by atoms with van der Waals surface area (Å²) in [4.78, 5) is 23.8. The second-order valence-electron chi connectivity index (χ2n) is 4.58. The number of ketones is 1. The van der Waals surface area contributed by atoms with E-state index < -0.39 is 5.91 Å². The van der Waals surface area contributed by atoms with Crippen LogP contribution in [0.1, 0.15) is 18.1 Å². The van der Waals surface area contributed by atoms with Crippen molar-refractivity contribution >= 4 is 29.4 Å². The van der Waals surface area contributed by atoms with Gasteiger partial charge < -0.3 is 5.32 Å². The van der Waals surface area contributed by atoms with E-state index in [9.17, 15) is 9.59 Å². The van der Waals surface area contributed by atoms with Gasteiger partial charge >= 0.3 is 0 Å². The summed E-state index contributed by atoms with van der Waals surface area (Å²) in [6.45, 7) is 12.4. The van der Waals surface area contributed by atoms with Gasteiger partial charge in [-0.15, -0.1) is 0 Å². The van der Waals surface area contributed by atoms with Gasteiger partial charge in [0.1, 0.15) is 0 Å². The van der Waals surface area contributed by atoms with E-state index in [1.54, 1.807) is 6.08 Å². The third-order valence-corrected chi connectivity index (χ3v) is 3.20. The molecule has 0 saturated heterocycles. The van der Waals surface area contributed by atoms with Crippen LogP contribution in [0.4, 0.5) is 0 Å². The standard InChI is InChI=1S/C18H18ClNO2/c1-5-14-7-9-15(10-8-14)11-20-18(22)16(6-2)17(12(3)19)13(4)21/h5-10H,1-3,11H2,4H3,(H,20,22)/b17-16-. The number of allylic oxidation sites excluding steroid dienone is 2. The first-order valence-corrected chi connectivity index (χ1v) is 7.00. The lowest BCUT2D eigenvalue weighted by atomic mass is 10.0. The number of amides is 1. The Morgan fingerprint density at radius 2 is 1.82 bits per heavy atom. The van der Waals surface area contributed by atoms with Crippen LogP contribution in [0.2, 0.25) is 0 Å². The van der Waals surface area contributed by atoms with Crippen molar-refractivity contribution in [2.75, 3.05) is 0 Å². The molecule has 0 fully saturated rings. The van der Waals surface area contributed by atoms with Crippen LogP contribution in [0, 0.1) is 0 Å². The van der Waals surface area contributed by atoms with Crippen molar-refractivity contribution in [3.63, 3.8) is 0 Å². The number of Topliss-reactive ketones (excluding diaryl/α,β-unsaturated/α-hetero) is 1. The molecule has 4 heteroatoms. The van der Waals surface area contributed by atoms with E-state index in [1.807, 2.05) is 24.3 Å². The molecule has 1 aromatic rings. The monoisotopic (exact) mass is 315 g/mol. The predicted molar refractivity (Wildman–Crippen MR) is 91.3 cm³/mol. The number of nitrogens with one attached hydrogen (secondary N) is 1. The third kappa shape index (κ3) is 4.57. The summed E-state index contributed by atoms with van der Waals surface area (Å²) in [7, 11) is 0. The Morgan fingerprint density at radius 3 is 2.23 bits per heavy atom. The van der Waals surface area contributed by atoms with Crippen LogP contribution >= 0.6 is 11.6 Å². The zero-order valence-corrected chi connectivity index (χ0v) is 13.2. The third-order valence-electron chi connectivity index (χ3n) is 3.01. The number of rotatable bonds is 7. The number of hydrogen-bond acceptors (Lipinski definition) is 2. The van der Waals surface area contributed by atoms with Crippen molar-refractivity contribution in [3.05, 3.63) is 77.4 Å². The van der Waals surface area contributed by atoms with Crippen LogP contribution in [0.5, 0.6) is 0 Å². The van der Waals surface area contributed by atoms with E-state index >= 15 is 0 Å². The molecule has 1 amide bonds. The molecule has 1 aromatic carbocycles. The average molecular weight is 316 g/mol. The number of halogens is 1. The lowest BCUT2D eigenvalue weighted by molar-refractivity contribution is -0.118. The van der Waals surface area contributed by atoms with Gasteiger partial charge in [-0.3, -0.25) is 9.59 Å². The summed E-state index contributed by atoms with van der Waals surface area (Å²) in [6.07, 6.45) is 3.05. The van der Waals surface area contributed by atoms with Crippen molar-refractivity contribution in [2.24, 2.45) is 0 Å². The molecule has 0 radical (unpaired) electrons. The molecule has 0 bridgehead atoms. The summed E-state index contributed by atoms with van der Waals surface area (Å²) >= 11 is 5.80. The van der Waals surface area contributed by atoms with Crippen LogP contribution in [0.3, 0.4) is 0 Å². The van der Waals surface area contributed by atoms with Gasteiger partial charge in [0.25, 0.3) is 5.91 Å². The quantitative estimate of drug-likeness (QED) is 0.615. The van der Waals surface area contributed by atoms with Crippen molar-refractivity contribution < 1.29 is 9.59 Å². The Balaban J connectivity index is 2.91. The number of hydrogen-bond donors (Lipinski definition) is 1. The highest BCUT2D eigenvalue weighted by Gasteiger charge is 2.17. The van der Waals surface area contributed by atoms with Crippen LogP contribution in [0.25, 0.3) is 6.08 Å². The number of carbonyl (C=O) groups is 2. The van der Waals surface area contributed by atoms with Crippen molar-refractivity contribution in [1.82, 2.24) is 5.32 Å². The van der Waals surface area contributed by atoms with Gasteiger partial charge in [-0.25, -0.2) is 0 Å². The lowest BCUT2D eigenvalue weighted by Gasteiger charge is -2.10.